The lowest BCUT2D eigenvalue weighted by molar-refractivity contribution is 0.597. The fourth-order valence-corrected chi connectivity index (χ4v) is 3.55. The molecule has 2 aromatic rings. The van der Waals surface area contributed by atoms with Gasteiger partial charge in [0.2, 0.25) is 10.0 Å². The standard InChI is InChI=1S/C12H11Cl2NO2S/c13-7-6-9-5-4-8-2-1-3-10(14)11(8)12(9)18(15,16)17/h1-5H,6-7H2,(H2,15,16,17). The van der Waals surface area contributed by atoms with Crippen molar-refractivity contribution >= 4 is 44.0 Å². The van der Waals surface area contributed by atoms with E-state index in [-0.39, 0.29) is 4.90 Å². The van der Waals surface area contributed by atoms with Gasteiger partial charge in [0.25, 0.3) is 0 Å². The fraction of sp³-hybridized carbons (Fsp3) is 0.167. The van der Waals surface area contributed by atoms with Crippen LogP contribution < -0.4 is 5.14 Å². The van der Waals surface area contributed by atoms with E-state index in [0.717, 1.165) is 5.39 Å². The van der Waals surface area contributed by atoms with E-state index in [0.29, 0.717) is 28.3 Å². The van der Waals surface area contributed by atoms with Gasteiger partial charge in [0.15, 0.2) is 0 Å². The number of aryl methyl sites for hydroxylation is 1. The summed E-state index contributed by atoms with van der Waals surface area (Å²) in [5, 5.41) is 6.86. The number of halogens is 2. The minimum Gasteiger partial charge on any atom is -0.225 e. The van der Waals surface area contributed by atoms with Crippen molar-refractivity contribution in [2.75, 3.05) is 5.88 Å². The average molecular weight is 304 g/mol. The molecular weight excluding hydrogens is 293 g/mol. The molecule has 0 unspecified atom stereocenters. The van der Waals surface area contributed by atoms with Gasteiger partial charge in [0.1, 0.15) is 0 Å². The van der Waals surface area contributed by atoms with Gasteiger partial charge in [0.05, 0.1) is 4.90 Å². The highest BCUT2D eigenvalue weighted by Crippen LogP contribution is 2.32. The van der Waals surface area contributed by atoms with Gasteiger partial charge in [-0.3, -0.25) is 0 Å². The monoisotopic (exact) mass is 303 g/mol. The molecule has 0 aromatic heterocycles. The third kappa shape index (κ3) is 2.47. The number of primary sulfonamides is 1. The Morgan fingerprint density at radius 1 is 1.17 bits per heavy atom. The van der Waals surface area contributed by atoms with Crippen LogP contribution in [0.2, 0.25) is 5.02 Å². The van der Waals surface area contributed by atoms with E-state index < -0.39 is 10.0 Å². The highest BCUT2D eigenvalue weighted by atomic mass is 35.5. The molecule has 0 heterocycles. The molecule has 0 aliphatic carbocycles. The first-order chi connectivity index (χ1) is 8.45. The van der Waals surface area contributed by atoms with Gasteiger partial charge in [-0.15, -0.1) is 11.6 Å². The van der Waals surface area contributed by atoms with Crippen LogP contribution in [0.25, 0.3) is 10.8 Å². The lowest BCUT2D eigenvalue weighted by atomic mass is 10.1. The van der Waals surface area contributed by atoms with Gasteiger partial charge in [-0.05, 0) is 23.4 Å². The lowest BCUT2D eigenvalue weighted by Gasteiger charge is -2.11. The minimum atomic E-state index is -3.85. The first kappa shape index (κ1) is 13.6. The van der Waals surface area contributed by atoms with Crippen LogP contribution in [0.3, 0.4) is 0 Å². The van der Waals surface area contributed by atoms with E-state index in [2.05, 4.69) is 0 Å². The second-order valence-electron chi connectivity index (χ2n) is 3.88. The average Bonchev–Trinajstić information content (AvgIpc) is 2.28. The van der Waals surface area contributed by atoms with Crippen molar-refractivity contribution in [1.82, 2.24) is 0 Å². The summed E-state index contributed by atoms with van der Waals surface area (Å²) in [6.07, 6.45) is 0.425. The van der Waals surface area contributed by atoms with Crippen molar-refractivity contribution in [3.05, 3.63) is 40.9 Å². The summed E-state index contributed by atoms with van der Waals surface area (Å²) in [5.41, 5.74) is 0.591. The SMILES string of the molecule is NS(=O)(=O)c1c(CCCl)ccc2cccc(Cl)c12. The Morgan fingerprint density at radius 3 is 2.50 bits per heavy atom. The predicted octanol–water partition coefficient (Wildman–Crippen LogP) is 2.92. The maximum absolute atomic E-state index is 11.8. The van der Waals surface area contributed by atoms with E-state index >= 15 is 0 Å². The molecule has 0 atom stereocenters. The normalized spacial score (nSPS) is 11.9. The second kappa shape index (κ2) is 5.05. The van der Waals surface area contributed by atoms with Crippen molar-refractivity contribution in [1.29, 1.82) is 0 Å². The first-order valence-electron chi connectivity index (χ1n) is 5.24. The zero-order valence-electron chi connectivity index (χ0n) is 9.36. The lowest BCUT2D eigenvalue weighted by Crippen LogP contribution is -2.15. The molecule has 0 saturated heterocycles. The summed E-state index contributed by atoms with van der Waals surface area (Å²) in [6, 6.07) is 8.74. The summed E-state index contributed by atoms with van der Waals surface area (Å²) in [7, 11) is -3.85. The molecule has 2 rings (SSSR count). The zero-order chi connectivity index (χ0) is 13.3. The Morgan fingerprint density at radius 2 is 1.89 bits per heavy atom. The van der Waals surface area contributed by atoms with E-state index in [4.69, 9.17) is 28.3 Å². The number of sulfonamides is 1. The molecule has 0 bridgehead atoms. The highest BCUT2D eigenvalue weighted by molar-refractivity contribution is 7.89. The maximum Gasteiger partial charge on any atom is 0.238 e. The summed E-state index contributed by atoms with van der Waals surface area (Å²) in [5.74, 6) is 0.318. The van der Waals surface area contributed by atoms with E-state index in [9.17, 15) is 8.42 Å². The van der Waals surface area contributed by atoms with Gasteiger partial charge >= 0.3 is 0 Å². The van der Waals surface area contributed by atoms with Crippen LogP contribution in [0.5, 0.6) is 0 Å². The van der Waals surface area contributed by atoms with Gasteiger partial charge in [-0.2, -0.15) is 0 Å². The van der Waals surface area contributed by atoms with Crippen molar-refractivity contribution in [2.24, 2.45) is 5.14 Å². The van der Waals surface area contributed by atoms with Crippen LogP contribution in [-0.4, -0.2) is 14.3 Å². The fourth-order valence-electron chi connectivity index (χ4n) is 1.97. The molecule has 0 saturated carbocycles. The van der Waals surface area contributed by atoms with E-state index in [1.54, 1.807) is 24.3 Å². The number of fused-ring (bicyclic) bond motifs is 1. The number of nitrogens with two attached hydrogens (primary N) is 1. The van der Waals surface area contributed by atoms with Crippen LogP contribution in [0, 0.1) is 0 Å². The molecule has 0 spiro atoms. The number of benzene rings is 2. The second-order valence-corrected chi connectivity index (χ2v) is 6.16. The van der Waals surface area contributed by atoms with Crippen LogP contribution in [0.15, 0.2) is 35.2 Å². The van der Waals surface area contributed by atoms with Gasteiger partial charge in [-0.25, -0.2) is 13.6 Å². The quantitative estimate of drug-likeness (QED) is 0.886. The smallest absolute Gasteiger partial charge is 0.225 e. The predicted molar refractivity (Wildman–Crippen MR) is 74.8 cm³/mol. The highest BCUT2D eigenvalue weighted by Gasteiger charge is 2.19. The van der Waals surface area contributed by atoms with Crippen molar-refractivity contribution < 1.29 is 8.42 Å². The third-order valence-electron chi connectivity index (χ3n) is 2.68. The zero-order valence-corrected chi connectivity index (χ0v) is 11.7. The van der Waals surface area contributed by atoms with Gasteiger partial charge < -0.3 is 0 Å². The van der Waals surface area contributed by atoms with Crippen LogP contribution >= 0.6 is 23.2 Å². The Hall–Kier alpha value is -0.810. The molecule has 6 heteroatoms. The number of alkyl halides is 1. The van der Waals surface area contributed by atoms with Gasteiger partial charge in [-0.1, -0.05) is 35.9 Å². The Labute approximate surface area is 116 Å². The topological polar surface area (TPSA) is 60.2 Å². The third-order valence-corrected chi connectivity index (χ3v) is 4.22. The summed E-state index contributed by atoms with van der Waals surface area (Å²) >= 11 is 11.8. The van der Waals surface area contributed by atoms with Crippen molar-refractivity contribution in [3.8, 4) is 0 Å². The van der Waals surface area contributed by atoms with Crippen LogP contribution in [-0.2, 0) is 16.4 Å². The minimum absolute atomic E-state index is 0.0752. The molecule has 0 radical (unpaired) electrons. The molecule has 0 aliphatic rings. The van der Waals surface area contributed by atoms with Gasteiger partial charge in [0, 0.05) is 16.3 Å². The Bertz CT molecular complexity index is 699. The number of hydrogen-bond acceptors (Lipinski definition) is 2. The van der Waals surface area contributed by atoms with Crippen molar-refractivity contribution in [3.63, 3.8) is 0 Å². The molecule has 0 amide bonds. The van der Waals surface area contributed by atoms with E-state index in [1.165, 1.54) is 0 Å². The largest absolute Gasteiger partial charge is 0.238 e. The number of rotatable bonds is 3. The maximum atomic E-state index is 11.8. The molecule has 2 N–H and O–H groups in total. The van der Waals surface area contributed by atoms with Crippen molar-refractivity contribution in [2.45, 2.75) is 11.3 Å². The molecule has 18 heavy (non-hydrogen) atoms. The van der Waals surface area contributed by atoms with Crippen LogP contribution in [0.1, 0.15) is 5.56 Å². The first-order valence-corrected chi connectivity index (χ1v) is 7.70. The Balaban J connectivity index is 2.94. The summed E-state index contributed by atoms with van der Waals surface area (Å²) in [4.78, 5) is 0.0752. The molecule has 0 aliphatic heterocycles. The molecule has 96 valence electrons. The molecule has 0 fully saturated rings. The Kier molecular flexibility index (Phi) is 3.82. The summed E-state index contributed by atoms with van der Waals surface area (Å²) in [6.45, 7) is 0. The van der Waals surface area contributed by atoms with E-state index in [1.807, 2.05) is 6.07 Å². The summed E-state index contributed by atoms with van der Waals surface area (Å²) < 4.78 is 23.5. The van der Waals surface area contributed by atoms with Crippen LogP contribution in [0.4, 0.5) is 0 Å². The molecule has 3 nitrogen and oxygen atoms in total. The molecule has 2 aromatic carbocycles. The number of hydrogen-bond donors (Lipinski definition) is 1. The molecular formula is C12H11Cl2NO2S.